The minimum absolute atomic E-state index is 0.0445. The van der Waals surface area contributed by atoms with Crippen LogP contribution < -0.4 is 9.64 Å². The van der Waals surface area contributed by atoms with Gasteiger partial charge < -0.3 is 19.4 Å². The van der Waals surface area contributed by atoms with Crippen LogP contribution in [0, 0.1) is 0 Å². The molecule has 0 spiro atoms. The second kappa shape index (κ2) is 8.05. The number of hydrogen-bond acceptors (Lipinski definition) is 5. The number of carbonyl (C=O) groups is 2. The van der Waals surface area contributed by atoms with Crippen molar-refractivity contribution in [3.05, 3.63) is 24.3 Å². The Balaban J connectivity index is 1.55. The van der Waals surface area contributed by atoms with E-state index in [2.05, 4.69) is 23.9 Å². The molecule has 142 valence electrons. The van der Waals surface area contributed by atoms with E-state index in [0.29, 0.717) is 25.7 Å². The fourth-order valence-electron chi connectivity index (χ4n) is 3.61. The molecule has 0 N–H and O–H groups in total. The Bertz CT molecular complexity index is 664. The molecule has 0 bridgehead atoms. The fourth-order valence-corrected chi connectivity index (χ4v) is 3.61. The third kappa shape index (κ3) is 4.16. The van der Waals surface area contributed by atoms with Crippen LogP contribution in [0.5, 0.6) is 5.75 Å². The van der Waals surface area contributed by atoms with E-state index >= 15 is 0 Å². The second-order valence-electron chi connectivity index (χ2n) is 7.20. The normalized spacial score (nSPS) is 21.5. The molecule has 0 radical (unpaired) electrons. The molecule has 0 saturated carbocycles. The first-order valence-electron chi connectivity index (χ1n) is 9.09. The number of nitrogens with zero attached hydrogens (tertiary/aromatic N) is 4. The van der Waals surface area contributed by atoms with Gasteiger partial charge in [0.25, 0.3) is 0 Å². The molecule has 1 atom stereocenters. The summed E-state index contributed by atoms with van der Waals surface area (Å²) in [5.74, 6) is 0.715. The molecule has 26 heavy (non-hydrogen) atoms. The molecule has 0 aromatic heterocycles. The van der Waals surface area contributed by atoms with Crippen molar-refractivity contribution < 1.29 is 14.3 Å². The summed E-state index contributed by atoms with van der Waals surface area (Å²) in [5, 5.41) is 0. The van der Waals surface area contributed by atoms with E-state index in [-0.39, 0.29) is 18.4 Å². The molecule has 7 nitrogen and oxygen atoms in total. The van der Waals surface area contributed by atoms with Gasteiger partial charge in [0.2, 0.25) is 11.8 Å². The van der Waals surface area contributed by atoms with E-state index in [9.17, 15) is 9.59 Å². The summed E-state index contributed by atoms with van der Waals surface area (Å²) >= 11 is 0. The maximum Gasteiger partial charge on any atom is 0.246 e. The van der Waals surface area contributed by atoms with Gasteiger partial charge in [0, 0.05) is 44.0 Å². The molecule has 0 unspecified atom stereocenters. The first-order chi connectivity index (χ1) is 12.5. The molecule has 2 saturated heterocycles. The Hall–Kier alpha value is -2.12. The lowest BCUT2D eigenvalue weighted by molar-refractivity contribution is -0.137. The van der Waals surface area contributed by atoms with Crippen molar-refractivity contribution in [1.82, 2.24) is 14.7 Å². The van der Waals surface area contributed by atoms with Gasteiger partial charge in [-0.3, -0.25) is 14.5 Å². The van der Waals surface area contributed by atoms with Crippen LogP contribution in [-0.2, 0) is 9.59 Å². The first-order valence-corrected chi connectivity index (χ1v) is 9.09. The van der Waals surface area contributed by atoms with Crippen LogP contribution in [0.15, 0.2) is 24.3 Å². The van der Waals surface area contributed by atoms with Crippen molar-refractivity contribution in [2.24, 2.45) is 0 Å². The number of piperazine rings is 1. The molecule has 7 heteroatoms. The topological polar surface area (TPSA) is 56.3 Å². The Labute approximate surface area is 155 Å². The zero-order valence-corrected chi connectivity index (χ0v) is 15.9. The highest BCUT2D eigenvalue weighted by molar-refractivity contribution is 5.98. The fraction of sp³-hybridized carbons (Fsp3) is 0.579. The Morgan fingerprint density at radius 3 is 2.73 bits per heavy atom. The van der Waals surface area contributed by atoms with Gasteiger partial charge in [0.1, 0.15) is 12.3 Å². The lowest BCUT2D eigenvalue weighted by atomic mass is 10.2. The predicted octanol–water partition coefficient (Wildman–Crippen LogP) is 0.506. The Morgan fingerprint density at radius 2 is 2.08 bits per heavy atom. The molecular formula is C19H28N4O3. The Kier molecular flexibility index (Phi) is 5.78. The number of anilines is 1. The summed E-state index contributed by atoms with van der Waals surface area (Å²) in [6.07, 6.45) is 1.09. The van der Waals surface area contributed by atoms with Crippen molar-refractivity contribution in [3.63, 3.8) is 0 Å². The number of hydrogen-bond donors (Lipinski definition) is 0. The minimum Gasteiger partial charge on any atom is -0.497 e. The monoisotopic (exact) mass is 360 g/mol. The number of benzene rings is 1. The number of amides is 2. The van der Waals surface area contributed by atoms with Crippen LogP contribution in [0.3, 0.4) is 0 Å². The predicted molar refractivity (Wildman–Crippen MR) is 100 cm³/mol. The van der Waals surface area contributed by atoms with Gasteiger partial charge in [0.05, 0.1) is 13.7 Å². The van der Waals surface area contributed by atoms with Gasteiger partial charge >= 0.3 is 0 Å². The van der Waals surface area contributed by atoms with Crippen molar-refractivity contribution in [3.8, 4) is 5.75 Å². The summed E-state index contributed by atoms with van der Waals surface area (Å²) in [4.78, 5) is 33.0. The number of likely N-dealkylation sites (N-methyl/N-ethyl adjacent to an activating group) is 1. The van der Waals surface area contributed by atoms with Gasteiger partial charge in [-0.05, 0) is 32.6 Å². The smallest absolute Gasteiger partial charge is 0.246 e. The highest BCUT2D eigenvalue weighted by Crippen LogP contribution is 2.23. The van der Waals surface area contributed by atoms with Crippen molar-refractivity contribution in [2.45, 2.75) is 12.5 Å². The van der Waals surface area contributed by atoms with E-state index in [1.54, 1.807) is 16.9 Å². The molecule has 2 fully saturated rings. The van der Waals surface area contributed by atoms with Crippen molar-refractivity contribution >= 4 is 17.5 Å². The zero-order valence-electron chi connectivity index (χ0n) is 15.9. The number of rotatable bonds is 5. The molecule has 1 aromatic rings. The van der Waals surface area contributed by atoms with Gasteiger partial charge in [-0.15, -0.1) is 0 Å². The second-order valence-corrected chi connectivity index (χ2v) is 7.20. The summed E-state index contributed by atoms with van der Waals surface area (Å²) in [7, 11) is 5.76. The minimum atomic E-state index is -0.0505. The van der Waals surface area contributed by atoms with Crippen molar-refractivity contribution in [1.29, 1.82) is 0 Å². The summed E-state index contributed by atoms with van der Waals surface area (Å²) < 4.78 is 5.23. The summed E-state index contributed by atoms with van der Waals surface area (Å²) in [5.41, 5.74) is 0.815. The molecule has 0 aliphatic carbocycles. The quantitative estimate of drug-likeness (QED) is 0.766. The molecule has 2 aliphatic heterocycles. The van der Waals surface area contributed by atoms with Gasteiger partial charge in [-0.1, -0.05) is 6.07 Å². The van der Waals surface area contributed by atoms with E-state index in [4.69, 9.17) is 4.74 Å². The maximum absolute atomic E-state index is 12.6. The number of ether oxygens (including phenoxy) is 1. The van der Waals surface area contributed by atoms with Crippen molar-refractivity contribution in [2.75, 3.05) is 65.4 Å². The van der Waals surface area contributed by atoms with E-state index in [1.165, 1.54) is 0 Å². The number of methoxy groups -OCH3 is 1. The van der Waals surface area contributed by atoms with Crippen LogP contribution in [0.4, 0.5) is 5.69 Å². The zero-order chi connectivity index (χ0) is 18.7. The van der Waals surface area contributed by atoms with Crippen LogP contribution in [0.25, 0.3) is 0 Å². The molecule has 2 heterocycles. The molecule has 2 aliphatic rings. The van der Waals surface area contributed by atoms with Gasteiger partial charge in [0.15, 0.2) is 0 Å². The highest BCUT2D eigenvalue weighted by atomic mass is 16.5. The number of carbonyl (C=O) groups excluding carboxylic acids is 2. The lowest BCUT2D eigenvalue weighted by Gasteiger charge is -2.35. The van der Waals surface area contributed by atoms with Crippen LogP contribution >= 0.6 is 0 Å². The number of likely N-dealkylation sites (tertiary alicyclic amines) is 1. The highest BCUT2D eigenvalue weighted by Gasteiger charge is 2.31. The van der Waals surface area contributed by atoms with Crippen LogP contribution in [-0.4, -0.2) is 93.0 Å². The SMILES string of the molecule is COc1cccc(N2CCN(C(=O)CN3CC[C@H](N(C)C)C3)CC2=O)c1. The first kappa shape index (κ1) is 18.7. The van der Waals surface area contributed by atoms with E-state index < -0.39 is 0 Å². The third-order valence-electron chi connectivity index (χ3n) is 5.28. The maximum atomic E-state index is 12.6. The van der Waals surface area contributed by atoms with Gasteiger partial charge in [-0.2, -0.15) is 0 Å². The summed E-state index contributed by atoms with van der Waals surface area (Å²) in [6.45, 7) is 3.46. The largest absolute Gasteiger partial charge is 0.497 e. The van der Waals surface area contributed by atoms with Crippen LogP contribution in [0.1, 0.15) is 6.42 Å². The standard InChI is InChI=1S/C19H28N4O3/c1-20(2)16-7-8-21(12-16)13-18(24)22-9-10-23(19(25)14-22)15-5-4-6-17(11-15)26-3/h4-6,11,16H,7-10,12-14H2,1-3H3/t16-/m0/s1. The van der Waals surface area contributed by atoms with Gasteiger partial charge in [-0.25, -0.2) is 0 Å². The average Bonchev–Trinajstić information content (AvgIpc) is 3.10. The average molecular weight is 360 g/mol. The Morgan fingerprint density at radius 1 is 1.27 bits per heavy atom. The molecule has 1 aromatic carbocycles. The summed E-state index contributed by atoms with van der Waals surface area (Å²) in [6, 6.07) is 7.97. The van der Waals surface area contributed by atoms with E-state index in [0.717, 1.165) is 30.9 Å². The molecular weight excluding hydrogens is 332 g/mol. The third-order valence-corrected chi connectivity index (χ3v) is 5.28. The van der Waals surface area contributed by atoms with Crippen LogP contribution in [0.2, 0.25) is 0 Å². The molecule has 2 amide bonds. The lowest BCUT2D eigenvalue weighted by Crippen LogP contribution is -2.54. The van der Waals surface area contributed by atoms with E-state index in [1.807, 2.05) is 24.3 Å². The molecule has 3 rings (SSSR count).